The molecular weight excluding hydrogens is 367 g/mol. The third kappa shape index (κ3) is 5.43. The van der Waals surface area contributed by atoms with Crippen molar-refractivity contribution in [2.45, 2.75) is 25.1 Å². The maximum Gasteiger partial charge on any atom is 0.418 e. The van der Waals surface area contributed by atoms with E-state index in [-0.39, 0.29) is 12.2 Å². The molecule has 0 aliphatic carbocycles. The minimum atomic E-state index is -4.62. The molecule has 0 unspecified atom stereocenters. The molecule has 2 rings (SSSR count). The molecule has 1 saturated heterocycles. The topological polar surface area (TPSA) is 90.0 Å². The highest BCUT2D eigenvalue weighted by atomic mass is 19.4. The molecule has 0 spiro atoms. The molecule has 148 valence electrons. The highest BCUT2D eigenvalue weighted by molar-refractivity contribution is 5.95. The number of aliphatic carboxylic acids is 1. The van der Waals surface area contributed by atoms with E-state index in [0.29, 0.717) is 19.4 Å². The average Bonchev–Trinajstić information content (AvgIpc) is 3.02. The second-order valence-corrected chi connectivity index (χ2v) is 6.31. The second-order valence-electron chi connectivity index (χ2n) is 6.31. The first-order valence-electron chi connectivity index (χ1n) is 8.26. The van der Waals surface area contributed by atoms with Gasteiger partial charge in [-0.15, -0.1) is 0 Å². The summed E-state index contributed by atoms with van der Waals surface area (Å²) < 4.78 is 38.8. The minimum absolute atomic E-state index is 0.167. The van der Waals surface area contributed by atoms with E-state index in [9.17, 15) is 27.6 Å². The number of nitrogens with zero attached hydrogens (tertiary/aromatic N) is 2. The van der Waals surface area contributed by atoms with E-state index < -0.39 is 42.1 Å². The highest BCUT2D eigenvalue weighted by Gasteiger charge is 2.34. The number of para-hydroxylation sites is 1. The predicted octanol–water partition coefficient (Wildman–Crippen LogP) is 1.65. The Labute approximate surface area is 153 Å². The number of carbonyl (C=O) groups is 3. The van der Waals surface area contributed by atoms with Gasteiger partial charge in [-0.25, -0.2) is 0 Å². The molecule has 0 saturated carbocycles. The first kappa shape index (κ1) is 20.7. The lowest BCUT2D eigenvalue weighted by Crippen LogP contribution is -2.45. The Bertz CT molecular complexity index is 724. The zero-order valence-electron chi connectivity index (χ0n) is 14.6. The molecule has 1 heterocycles. The summed E-state index contributed by atoms with van der Waals surface area (Å²) in [4.78, 5) is 38.0. The van der Waals surface area contributed by atoms with Crippen LogP contribution in [0.5, 0.6) is 0 Å². The van der Waals surface area contributed by atoms with Gasteiger partial charge in [0.1, 0.15) is 6.04 Å². The molecule has 7 nitrogen and oxygen atoms in total. The lowest BCUT2D eigenvalue weighted by atomic mass is 10.1. The summed E-state index contributed by atoms with van der Waals surface area (Å²) in [6, 6.07) is 3.81. The summed E-state index contributed by atoms with van der Waals surface area (Å²) in [7, 11) is 1.34. The van der Waals surface area contributed by atoms with Crippen LogP contribution in [-0.2, 0) is 20.6 Å². The smallest absolute Gasteiger partial charge is 0.418 e. The number of nitrogens with one attached hydrogen (secondary N) is 1. The number of anilines is 1. The van der Waals surface area contributed by atoms with E-state index in [2.05, 4.69) is 5.32 Å². The van der Waals surface area contributed by atoms with Gasteiger partial charge in [0.25, 0.3) is 0 Å². The molecule has 2 amide bonds. The van der Waals surface area contributed by atoms with E-state index >= 15 is 0 Å². The Morgan fingerprint density at radius 1 is 1.30 bits per heavy atom. The van der Waals surface area contributed by atoms with Gasteiger partial charge in [0.05, 0.1) is 24.3 Å². The summed E-state index contributed by atoms with van der Waals surface area (Å²) in [5.41, 5.74) is -1.37. The first-order chi connectivity index (χ1) is 12.6. The number of carbonyl (C=O) groups excluding carboxylic acids is 2. The molecule has 1 aromatic rings. The number of carboxylic acids is 1. The fourth-order valence-electron chi connectivity index (χ4n) is 2.92. The molecule has 1 aliphatic rings. The number of hydrogen-bond donors (Lipinski definition) is 2. The summed E-state index contributed by atoms with van der Waals surface area (Å²) in [6.45, 7) is -0.155. The molecule has 27 heavy (non-hydrogen) atoms. The SMILES string of the molecule is CN(CC(=O)Nc1ccccc1C(F)(F)F)C(=O)CN1CCC[C@H]1C(=O)O. The molecule has 1 fully saturated rings. The number of halogens is 3. The molecule has 1 atom stereocenters. The summed E-state index contributed by atoms with van der Waals surface area (Å²) in [5.74, 6) is -2.27. The Morgan fingerprint density at radius 2 is 1.96 bits per heavy atom. The van der Waals surface area contributed by atoms with Gasteiger partial charge in [0.15, 0.2) is 0 Å². The van der Waals surface area contributed by atoms with Crippen molar-refractivity contribution in [1.29, 1.82) is 0 Å². The van der Waals surface area contributed by atoms with E-state index in [1.807, 2.05) is 0 Å². The molecule has 0 bridgehead atoms. The van der Waals surface area contributed by atoms with Crippen molar-refractivity contribution < 1.29 is 32.7 Å². The van der Waals surface area contributed by atoms with Gasteiger partial charge in [0.2, 0.25) is 11.8 Å². The Balaban J connectivity index is 1.94. The van der Waals surface area contributed by atoms with Crippen LogP contribution in [0.3, 0.4) is 0 Å². The molecule has 1 aliphatic heterocycles. The van der Waals surface area contributed by atoms with Gasteiger partial charge in [-0.2, -0.15) is 13.2 Å². The van der Waals surface area contributed by atoms with Gasteiger partial charge in [-0.1, -0.05) is 12.1 Å². The summed E-state index contributed by atoms with van der Waals surface area (Å²) in [5, 5.41) is 11.3. The largest absolute Gasteiger partial charge is 0.480 e. The zero-order chi connectivity index (χ0) is 20.2. The van der Waals surface area contributed by atoms with Crippen molar-refractivity contribution in [1.82, 2.24) is 9.80 Å². The lowest BCUT2D eigenvalue weighted by Gasteiger charge is -2.24. The highest BCUT2D eigenvalue weighted by Crippen LogP contribution is 2.34. The van der Waals surface area contributed by atoms with Crippen LogP contribution in [0.1, 0.15) is 18.4 Å². The van der Waals surface area contributed by atoms with Crippen LogP contribution < -0.4 is 5.32 Å². The van der Waals surface area contributed by atoms with Gasteiger partial charge in [-0.3, -0.25) is 19.3 Å². The maximum absolute atomic E-state index is 12.9. The molecular formula is C17H20F3N3O4. The van der Waals surface area contributed by atoms with Crippen LogP contribution in [0.4, 0.5) is 18.9 Å². The Kier molecular flexibility index (Phi) is 6.42. The number of likely N-dealkylation sites (tertiary alicyclic amines) is 1. The van der Waals surface area contributed by atoms with Gasteiger partial charge in [0, 0.05) is 7.05 Å². The quantitative estimate of drug-likeness (QED) is 0.775. The fraction of sp³-hybridized carbons (Fsp3) is 0.471. The zero-order valence-corrected chi connectivity index (χ0v) is 14.6. The Morgan fingerprint density at radius 3 is 2.59 bits per heavy atom. The average molecular weight is 387 g/mol. The van der Waals surface area contributed by atoms with Crippen LogP contribution in [-0.4, -0.2) is 65.4 Å². The summed E-state index contributed by atoms with van der Waals surface area (Å²) in [6.07, 6.45) is -3.52. The van der Waals surface area contributed by atoms with Crippen LogP contribution >= 0.6 is 0 Å². The molecule has 0 radical (unpaired) electrons. The van der Waals surface area contributed by atoms with Crippen molar-refractivity contribution in [3.63, 3.8) is 0 Å². The van der Waals surface area contributed by atoms with Gasteiger partial charge >= 0.3 is 12.1 Å². The minimum Gasteiger partial charge on any atom is -0.480 e. The fourth-order valence-corrected chi connectivity index (χ4v) is 2.92. The number of alkyl halides is 3. The number of hydrogen-bond acceptors (Lipinski definition) is 4. The number of carboxylic acid groups (broad SMARTS) is 1. The molecule has 1 aromatic carbocycles. The first-order valence-corrected chi connectivity index (χ1v) is 8.26. The van der Waals surface area contributed by atoms with E-state index in [1.165, 1.54) is 24.1 Å². The van der Waals surface area contributed by atoms with E-state index in [4.69, 9.17) is 5.11 Å². The summed E-state index contributed by atoms with van der Waals surface area (Å²) >= 11 is 0. The number of amides is 2. The van der Waals surface area contributed by atoms with Crippen molar-refractivity contribution in [2.75, 3.05) is 32.0 Å². The van der Waals surface area contributed by atoms with Crippen LogP contribution in [0.15, 0.2) is 24.3 Å². The molecule has 10 heteroatoms. The number of rotatable bonds is 6. The third-order valence-electron chi connectivity index (χ3n) is 4.30. The van der Waals surface area contributed by atoms with Crippen molar-refractivity contribution in [3.05, 3.63) is 29.8 Å². The standard InChI is InChI=1S/C17H20F3N3O4/c1-22(15(25)10-23-8-4-7-13(23)16(26)27)9-14(24)21-12-6-3-2-5-11(12)17(18,19)20/h2-3,5-6,13H,4,7-10H2,1H3,(H,21,24)(H,26,27)/t13-/m0/s1. The van der Waals surface area contributed by atoms with Crippen molar-refractivity contribution in [3.8, 4) is 0 Å². The lowest BCUT2D eigenvalue weighted by molar-refractivity contribution is -0.144. The van der Waals surface area contributed by atoms with Crippen molar-refractivity contribution in [2.24, 2.45) is 0 Å². The van der Waals surface area contributed by atoms with Gasteiger partial charge in [-0.05, 0) is 31.5 Å². The monoisotopic (exact) mass is 387 g/mol. The molecule has 2 N–H and O–H groups in total. The van der Waals surface area contributed by atoms with E-state index in [1.54, 1.807) is 0 Å². The van der Waals surface area contributed by atoms with Gasteiger partial charge < -0.3 is 15.3 Å². The number of likely N-dealkylation sites (N-methyl/N-ethyl adjacent to an activating group) is 1. The van der Waals surface area contributed by atoms with Crippen LogP contribution in [0.25, 0.3) is 0 Å². The third-order valence-corrected chi connectivity index (χ3v) is 4.30. The maximum atomic E-state index is 12.9. The Hall–Kier alpha value is -2.62. The second kappa shape index (κ2) is 8.38. The number of benzene rings is 1. The van der Waals surface area contributed by atoms with Crippen molar-refractivity contribution >= 4 is 23.5 Å². The normalized spacial score (nSPS) is 17.6. The predicted molar refractivity (Wildman–Crippen MR) is 89.9 cm³/mol. The van der Waals surface area contributed by atoms with E-state index in [0.717, 1.165) is 17.0 Å². The molecule has 0 aromatic heterocycles. The van der Waals surface area contributed by atoms with Crippen LogP contribution in [0.2, 0.25) is 0 Å². The van der Waals surface area contributed by atoms with Crippen LogP contribution in [0, 0.1) is 0 Å².